The van der Waals surface area contributed by atoms with Crippen LogP contribution in [0.25, 0.3) is 92.8 Å². The zero-order valence-electron chi connectivity index (χ0n) is 35.7. The van der Waals surface area contributed by atoms with Crippen LogP contribution in [0.15, 0.2) is 249 Å². The minimum Gasteiger partial charge on any atom is -0.310 e. The summed E-state index contributed by atoms with van der Waals surface area (Å²) in [5.41, 5.74) is 12.8. The second kappa shape index (κ2) is 16.5. The molecule has 1 nitrogen and oxygen atoms in total. The van der Waals surface area contributed by atoms with Crippen LogP contribution < -0.4 is 4.90 Å². The molecule has 64 heavy (non-hydrogen) atoms. The van der Waals surface area contributed by atoms with Crippen LogP contribution in [-0.4, -0.2) is 0 Å². The summed E-state index contributed by atoms with van der Waals surface area (Å²) in [6.45, 7) is 6.58. The molecule has 0 fully saturated rings. The molecule has 0 aliphatic carbocycles. The van der Waals surface area contributed by atoms with Crippen molar-refractivity contribution < 1.29 is 0 Å². The maximum absolute atomic E-state index is 4.55. The molecule has 0 heterocycles. The molecule has 0 atom stereocenters. The summed E-state index contributed by atoms with van der Waals surface area (Å²) in [7, 11) is 0. The molecule has 0 aliphatic heterocycles. The average molecular weight is 816 g/mol. The van der Waals surface area contributed by atoms with Gasteiger partial charge in [0, 0.05) is 16.8 Å². The lowest BCUT2D eigenvalue weighted by Crippen LogP contribution is -2.10. The van der Waals surface area contributed by atoms with Gasteiger partial charge in [0.25, 0.3) is 0 Å². The molecule has 0 spiro atoms. The Labute approximate surface area is 374 Å². The Hall–Kier alpha value is -8.26. The second-order valence-electron chi connectivity index (χ2n) is 16.4. The Balaban J connectivity index is 1.06. The lowest BCUT2D eigenvalue weighted by molar-refractivity contribution is 1.30. The lowest BCUT2D eigenvalue weighted by atomic mass is 9.86. The Bertz CT molecular complexity index is 3490. The summed E-state index contributed by atoms with van der Waals surface area (Å²) in [4.78, 5) is 2.41. The van der Waals surface area contributed by atoms with Crippen molar-refractivity contribution in [3.05, 3.63) is 255 Å². The molecule has 0 aliphatic rings. The van der Waals surface area contributed by atoms with Gasteiger partial charge < -0.3 is 4.90 Å². The summed E-state index contributed by atoms with van der Waals surface area (Å²) < 4.78 is 0. The van der Waals surface area contributed by atoms with Gasteiger partial charge in [0.1, 0.15) is 0 Å². The van der Waals surface area contributed by atoms with Crippen LogP contribution in [0.1, 0.15) is 12.5 Å². The molecule has 11 rings (SSSR count). The largest absolute Gasteiger partial charge is 0.310 e. The zero-order valence-corrected chi connectivity index (χ0v) is 35.7. The highest BCUT2D eigenvalue weighted by molar-refractivity contribution is 6.22. The van der Waals surface area contributed by atoms with Crippen LogP contribution in [0.5, 0.6) is 0 Å². The number of fused-ring (bicyclic) bond motifs is 5. The van der Waals surface area contributed by atoms with E-state index in [9.17, 15) is 0 Å². The van der Waals surface area contributed by atoms with Crippen LogP contribution in [0.3, 0.4) is 0 Å². The first-order chi connectivity index (χ1) is 31.7. The monoisotopic (exact) mass is 815 g/mol. The van der Waals surface area contributed by atoms with E-state index in [4.69, 9.17) is 0 Å². The van der Waals surface area contributed by atoms with E-state index in [1.165, 1.54) is 92.8 Å². The molecule has 0 saturated heterocycles. The van der Waals surface area contributed by atoms with E-state index in [1.807, 2.05) is 13.0 Å². The van der Waals surface area contributed by atoms with Crippen LogP contribution >= 0.6 is 0 Å². The van der Waals surface area contributed by atoms with Crippen LogP contribution in [-0.2, 0) is 0 Å². The number of hydrogen-bond donors (Lipinski definition) is 0. The molecule has 0 amide bonds. The summed E-state index contributed by atoms with van der Waals surface area (Å²) >= 11 is 0. The van der Waals surface area contributed by atoms with Crippen molar-refractivity contribution in [2.75, 3.05) is 4.90 Å². The Kier molecular flexibility index (Phi) is 9.99. The van der Waals surface area contributed by atoms with E-state index in [0.29, 0.717) is 0 Å². The first kappa shape index (κ1) is 38.6. The molecule has 0 radical (unpaired) electrons. The van der Waals surface area contributed by atoms with Crippen LogP contribution in [0, 0.1) is 0 Å². The number of nitrogens with zero attached hydrogens (tertiary/aromatic N) is 1. The molecule has 1 heteroatoms. The van der Waals surface area contributed by atoms with E-state index in [1.54, 1.807) is 0 Å². The first-order valence-electron chi connectivity index (χ1n) is 22.1. The number of rotatable bonds is 9. The molecule has 11 aromatic rings. The molecule has 0 saturated carbocycles. The van der Waals surface area contributed by atoms with Crippen molar-refractivity contribution in [1.29, 1.82) is 0 Å². The van der Waals surface area contributed by atoms with Gasteiger partial charge in [0.2, 0.25) is 0 Å². The van der Waals surface area contributed by atoms with Crippen molar-refractivity contribution >= 4 is 76.5 Å². The summed E-state index contributed by atoms with van der Waals surface area (Å²) in [5.74, 6) is 0. The molecule has 0 unspecified atom stereocenters. The van der Waals surface area contributed by atoms with Gasteiger partial charge >= 0.3 is 0 Å². The van der Waals surface area contributed by atoms with Gasteiger partial charge in [-0.25, -0.2) is 0 Å². The number of hydrogen-bond acceptors (Lipinski definition) is 1. The fourth-order valence-electron chi connectivity index (χ4n) is 9.89. The van der Waals surface area contributed by atoms with E-state index in [0.717, 1.165) is 22.6 Å². The normalized spacial score (nSPS) is 11.8. The molecule has 0 bridgehead atoms. The molecule has 302 valence electrons. The SMILES string of the molecule is C=C(/C=C\C=C/C)c1c2ccccc2c(-c2ccc(N(c3ccc(-c4c5ccccc5c(-c5ccccc5)c5ccccc45)cc3)c3cccc4ccccc34)cc2)c2ccccc12. The number of allylic oxidation sites excluding steroid dienone is 5. The highest BCUT2D eigenvalue weighted by atomic mass is 15.1. The van der Waals surface area contributed by atoms with Crippen LogP contribution in [0.2, 0.25) is 0 Å². The number of anilines is 3. The van der Waals surface area contributed by atoms with E-state index in [2.05, 4.69) is 248 Å². The molecule has 0 N–H and O–H groups in total. The Morgan fingerprint density at radius 2 is 0.734 bits per heavy atom. The minimum atomic E-state index is 0.995. The van der Waals surface area contributed by atoms with Gasteiger partial charge in [-0.1, -0.05) is 219 Å². The van der Waals surface area contributed by atoms with Gasteiger partial charge in [-0.05, 0) is 130 Å². The van der Waals surface area contributed by atoms with Crippen LogP contribution in [0.4, 0.5) is 17.1 Å². The first-order valence-corrected chi connectivity index (χ1v) is 22.1. The third-order valence-corrected chi connectivity index (χ3v) is 12.7. The summed E-state index contributed by atoms with van der Waals surface area (Å²) in [5, 5.41) is 12.2. The van der Waals surface area contributed by atoms with Gasteiger partial charge in [0.05, 0.1) is 5.69 Å². The van der Waals surface area contributed by atoms with Crippen molar-refractivity contribution in [2.24, 2.45) is 0 Å². The van der Waals surface area contributed by atoms with E-state index >= 15 is 0 Å². The third kappa shape index (κ3) is 6.67. The highest BCUT2D eigenvalue weighted by Crippen LogP contribution is 2.47. The van der Waals surface area contributed by atoms with E-state index in [-0.39, 0.29) is 0 Å². The maximum atomic E-state index is 4.55. The van der Waals surface area contributed by atoms with E-state index < -0.39 is 0 Å². The minimum absolute atomic E-state index is 0.995. The molecule has 0 aromatic heterocycles. The predicted molar refractivity (Wildman–Crippen MR) is 278 cm³/mol. The third-order valence-electron chi connectivity index (χ3n) is 12.7. The van der Waals surface area contributed by atoms with Crippen molar-refractivity contribution in [3.63, 3.8) is 0 Å². The highest BCUT2D eigenvalue weighted by Gasteiger charge is 2.21. The second-order valence-corrected chi connectivity index (χ2v) is 16.4. The van der Waals surface area contributed by atoms with Gasteiger partial charge in [-0.2, -0.15) is 0 Å². The fourth-order valence-corrected chi connectivity index (χ4v) is 9.89. The predicted octanol–water partition coefficient (Wildman–Crippen LogP) is 18.1. The van der Waals surface area contributed by atoms with Crippen molar-refractivity contribution in [2.45, 2.75) is 6.92 Å². The summed E-state index contributed by atoms with van der Waals surface area (Å²) in [6.07, 6.45) is 8.28. The Morgan fingerprint density at radius 1 is 0.359 bits per heavy atom. The Morgan fingerprint density at radius 3 is 1.20 bits per heavy atom. The maximum Gasteiger partial charge on any atom is 0.0540 e. The lowest BCUT2D eigenvalue weighted by Gasteiger charge is -2.27. The zero-order chi connectivity index (χ0) is 43.0. The topological polar surface area (TPSA) is 3.24 Å². The van der Waals surface area contributed by atoms with Crippen molar-refractivity contribution in [1.82, 2.24) is 0 Å². The fraction of sp³-hybridized carbons (Fsp3) is 0.0159. The quantitative estimate of drug-likeness (QED) is 0.104. The molecular formula is C63H45N. The molecule has 11 aromatic carbocycles. The summed E-state index contributed by atoms with van der Waals surface area (Å²) in [6, 6.07) is 79.7. The van der Waals surface area contributed by atoms with Gasteiger partial charge in [-0.15, -0.1) is 0 Å². The number of benzene rings is 11. The molecular weight excluding hydrogens is 771 g/mol. The van der Waals surface area contributed by atoms with Crippen molar-refractivity contribution in [3.8, 4) is 33.4 Å². The van der Waals surface area contributed by atoms with Gasteiger partial charge in [0.15, 0.2) is 0 Å². The van der Waals surface area contributed by atoms with Gasteiger partial charge in [-0.3, -0.25) is 0 Å². The average Bonchev–Trinajstić information content (AvgIpc) is 3.36. The standard InChI is InChI=1S/C63H45N/c1-3-4-6-20-43(2)60-51-26-11-13-28-53(51)62(54-29-14-12-27-52(54)60)46-35-39-48(40-36-46)64(59-34-19-24-44-21-9-10-25-50(44)59)49-41-37-47(38-42-49)63-57-32-17-15-30-55(57)61(45-22-7-5-8-23-45)56-31-16-18-33-58(56)63/h3-42H,2H2,1H3/b4-3-,20-6-. The smallest absolute Gasteiger partial charge is 0.0540 e.